The van der Waals surface area contributed by atoms with Crippen LogP contribution < -0.4 is 5.73 Å². The van der Waals surface area contributed by atoms with E-state index in [4.69, 9.17) is 5.73 Å². The van der Waals surface area contributed by atoms with Gasteiger partial charge in [0.25, 0.3) is 0 Å². The predicted molar refractivity (Wildman–Crippen MR) is 75.6 cm³/mol. The number of hydrogen-bond donors (Lipinski definition) is 1. The van der Waals surface area contributed by atoms with E-state index in [-0.39, 0.29) is 6.04 Å². The highest BCUT2D eigenvalue weighted by Gasteiger charge is 2.10. The molecule has 5 heteroatoms. The Morgan fingerprint density at radius 1 is 1.37 bits per heavy atom. The van der Waals surface area contributed by atoms with Gasteiger partial charge in [-0.1, -0.05) is 0 Å². The van der Waals surface area contributed by atoms with E-state index < -0.39 is 0 Å². The van der Waals surface area contributed by atoms with Crippen molar-refractivity contribution in [3.05, 3.63) is 48.0 Å². The van der Waals surface area contributed by atoms with Crippen LogP contribution in [0.5, 0.6) is 0 Å². The largest absolute Gasteiger partial charge is 0.323 e. The molecule has 1 unspecified atom stereocenters. The van der Waals surface area contributed by atoms with E-state index in [2.05, 4.69) is 34.2 Å². The van der Waals surface area contributed by atoms with E-state index in [1.54, 1.807) is 4.68 Å². The molecule has 0 saturated heterocycles. The van der Waals surface area contributed by atoms with Crippen molar-refractivity contribution in [1.29, 1.82) is 0 Å². The molecule has 2 aromatic heterocycles. The lowest BCUT2D eigenvalue weighted by atomic mass is 10.1. The van der Waals surface area contributed by atoms with Crippen LogP contribution in [0, 0.1) is 0 Å². The van der Waals surface area contributed by atoms with Crippen molar-refractivity contribution in [2.45, 2.75) is 12.5 Å². The first-order valence-corrected chi connectivity index (χ1v) is 6.46. The van der Waals surface area contributed by atoms with Crippen molar-refractivity contribution in [1.82, 2.24) is 19.7 Å². The van der Waals surface area contributed by atoms with Crippen molar-refractivity contribution in [2.24, 2.45) is 12.8 Å². The molecule has 0 fully saturated rings. The van der Waals surface area contributed by atoms with E-state index >= 15 is 0 Å². The second-order valence-electron chi connectivity index (χ2n) is 4.92. The maximum atomic E-state index is 6.17. The molecule has 0 aliphatic heterocycles. The molecule has 2 rings (SSSR count). The Balaban J connectivity index is 1.79. The summed E-state index contributed by atoms with van der Waals surface area (Å²) in [6, 6.07) is 4.11. The molecule has 2 N–H and O–H groups in total. The van der Waals surface area contributed by atoms with Crippen LogP contribution in [0.1, 0.15) is 17.2 Å². The van der Waals surface area contributed by atoms with Crippen LogP contribution in [-0.2, 0) is 13.5 Å². The minimum absolute atomic E-state index is 0.0103. The van der Waals surface area contributed by atoms with Crippen LogP contribution in [0.2, 0.25) is 0 Å². The number of aryl methyl sites for hydroxylation is 1. The lowest BCUT2D eigenvalue weighted by Crippen LogP contribution is -2.30. The molecule has 0 radical (unpaired) electrons. The first-order chi connectivity index (χ1) is 9.15. The van der Waals surface area contributed by atoms with Crippen LogP contribution in [0.3, 0.4) is 0 Å². The van der Waals surface area contributed by atoms with Crippen LogP contribution >= 0.6 is 0 Å². The van der Waals surface area contributed by atoms with Crippen LogP contribution in [-0.4, -0.2) is 39.8 Å². The van der Waals surface area contributed by atoms with Gasteiger partial charge >= 0.3 is 0 Å². The fraction of sp³-hybridized carbons (Fsp3) is 0.429. The number of aromatic nitrogens is 3. The maximum absolute atomic E-state index is 6.17. The normalized spacial score (nSPS) is 12.8. The van der Waals surface area contributed by atoms with Gasteiger partial charge in [-0.05, 0) is 31.2 Å². The van der Waals surface area contributed by atoms with E-state index in [0.717, 1.165) is 25.1 Å². The lowest BCUT2D eigenvalue weighted by molar-refractivity contribution is 0.316. The van der Waals surface area contributed by atoms with Gasteiger partial charge in [0.05, 0.1) is 6.20 Å². The van der Waals surface area contributed by atoms with E-state index in [1.165, 1.54) is 5.56 Å². The molecule has 2 heterocycles. The third-order valence-electron chi connectivity index (χ3n) is 3.19. The second-order valence-corrected chi connectivity index (χ2v) is 4.92. The Labute approximate surface area is 114 Å². The first kappa shape index (κ1) is 13.7. The van der Waals surface area contributed by atoms with Gasteiger partial charge in [-0.3, -0.25) is 9.67 Å². The van der Waals surface area contributed by atoms with Gasteiger partial charge in [0.2, 0.25) is 0 Å². The number of rotatable bonds is 6. The molecule has 0 aliphatic carbocycles. The lowest BCUT2D eigenvalue weighted by Gasteiger charge is -2.20. The summed E-state index contributed by atoms with van der Waals surface area (Å²) in [4.78, 5) is 6.27. The molecule has 102 valence electrons. The summed E-state index contributed by atoms with van der Waals surface area (Å²) < 4.78 is 1.78. The number of hydrogen-bond acceptors (Lipinski definition) is 4. The van der Waals surface area contributed by atoms with Crippen LogP contribution in [0.25, 0.3) is 0 Å². The predicted octanol–water partition coefficient (Wildman–Crippen LogP) is 0.989. The molecule has 1 atom stereocenters. The average Bonchev–Trinajstić information content (AvgIpc) is 2.84. The highest BCUT2D eigenvalue weighted by atomic mass is 15.2. The topological polar surface area (TPSA) is 60.0 Å². The van der Waals surface area contributed by atoms with Crippen molar-refractivity contribution in [3.8, 4) is 0 Å². The highest BCUT2D eigenvalue weighted by Crippen LogP contribution is 2.10. The number of nitrogens with zero attached hydrogens (tertiary/aromatic N) is 4. The smallest absolute Gasteiger partial charge is 0.0537 e. The van der Waals surface area contributed by atoms with Gasteiger partial charge in [-0.15, -0.1) is 0 Å². The van der Waals surface area contributed by atoms with Gasteiger partial charge in [-0.25, -0.2) is 0 Å². The summed E-state index contributed by atoms with van der Waals surface area (Å²) in [5, 5.41) is 4.15. The number of pyridine rings is 1. The minimum atomic E-state index is 0.0103. The van der Waals surface area contributed by atoms with Crippen molar-refractivity contribution < 1.29 is 0 Å². The summed E-state index contributed by atoms with van der Waals surface area (Å²) in [5.41, 5.74) is 8.56. The Bertz CT molecular complexity index is 494. The van der Waals surface area contributed by atoms with Crippen molar-refractivity contribution in [2.75, 3.05) is 20.1 Å². The van der Waals surface area contributed by atoms with Crippen LogP contribution in [0.4, 0.5) is 0 Å². The minimum Gasteiger partial charge on any atom is -0.323 e. The summed E-state index contributed by atoms with van der Waals surface area (Å²) in [7, 11) is 4.00. The highest BCUT2D eigenvalue weighted by molar-refractivity contribution is 5.11. The SMILES string of the molecule is CN(CCc1ccncc1)CC(N)c1cnn(C)c1. The van der Waals surface area contributed by atoms with E-state index in [1.807, 2.05) is 31.8 Å². The molecule has 0 aliphatic rings. The Morgan fingerprint density at radius 2 is 2.11 bits per heavy atom. The number of nitrogens with two attached hydrogens (primary N) is 1. The third kappa shape index (κ3) is 4.15. The van der Waals surface area contributed by atoms with E-state index in [0.29, 0.717) is 0 Å². The third-order valence-corrected chi connectivity index (χ3v) is 3.19. The molecular weight excluding hydrogens is 238 g/mol. The molecule has 5 nitrogen and oxygen atoms in total. The Kier molecular flexibility index (Phi) is 4.65. The number of likely N-dealkylation sites (N-methyl/N-ethyl adjacent to an activating group) is 1. The summed E-state index contributed by atoms with van der Waals surface area (Å²) >= 11 is 0. The standard InChI is InChI=1S/C14H21N5/c1-18(8-5-12-3-6-16-7-4-12)11-14(15)13-9-17-19(2)10-13/h3-4,6-7,9-10,14H,5,8,11,15H2,1-2H3. The fourth-order valence-electron chi connectivity index (χ4n) is 2.03. The van der Waals surface area contributed by atoms with Gasteiger partial charge in [0, 0.05) is 50.3 Å². The van der Waals surface area contributed by atoms with Crippen molar-refractivity contribution >= 4 is 0 Å². The van der Waals surface area contributed by atoms with Gasteiger partial charge in [-0.2, -0.15) is 5.10 Å². The van der Waals surface area contributed by atoms with Gasteiger partial charge < -0.3 is 10.6 Å². The molecule has 0 amide bonds. The first-order valence-electron chi connectivity index (χ1n) is 6.46. The van der Waals surface area contributed by atoms with Crippen LogP contribution in [0.15, 0.2) is 36.9 Å². The van der Waals surface area contributed by atoms with E-state index in [9.17, 15) is 0 Å². The Hall–Kier alpha value is -1.72. The molecule has 0 spiro atoms. The maximum Gasteiger partial charge on any atom is 0.0537 e. The molecule has 19 heavy (non-hydrogen) atoms. The second kappa shape index (κ2) is 6.45. The molecular formula is C14H21N5. The van der Waals surface area contributed by atoms with Gasteiger partial charge in [0.15, 0.2) is 0 Å². The van der Waals surface area contributed by atoms with Gasteiger partial charge in [0.1, 0.15) is 0 Å². The molecule has 0 aromatic carbocycles. The summed E-state index contributed by atoms with van der Waals surface area (Å²) in [5.74, 6) is 0. The molecule has 0 saturated carbocycles. The monoisotopic (exact) mass is 259 g/mol. The average molecular weight is 259 g/mol. The zero-order valence-electron chi connectivity index (χ0n) is 11.5. The molecule has 2 aromatic rings. The zero-order valence-corrected chi connectivity index (χ0v) is 11.5. The zero-order chi connectivity index (χ0) is 13.7. The van der Waals surface area contributed by atoms with Crippen molar-refractivity contribution in [3.63, 3.8) is 0 Å². The quantitative estimate of drug-likeness (QED) is 0.840. The molecule has 0 bridgehead atoms. The summed E-state index contributed by atoms with van der Waals surface area (Å²) in [6.45, 7) is 1.81. The summed E-state index contributed by atoms with van der Waals surface area (Å²) in [6.07, 6.45) is 8.48. The Morgan fingerprint density at radius 3 is 2.74 bits per heavy atom. The fourth-order valence-corrected chi connectivity index (χ4v) is 2.03.